The van der Waals surface area contributed by atoms with Gasteiger partial charge in [0.2, 0.25) is 11.8 Å². The Morgan fingerprint density at radius 3 is 2.82 bits per heavy atom. The lowest BCUT2D eigenvalue weighted by atomic mass is 10.3. The monoisotopic (exact) mass is 436 g/mol. The predicted molar refractivity (Wildman–Crippen MR) is 113 cm³/mol. The molecule has 0 saturated heterocycles. The molecule has 0 aliphatic heterocycles. The van der Waals surface area contributed by atoms with E-state index in [1.807, 2.05) is 5.38 Å². The number of aromatic nitrogens is 2. The fourth-order valence-electron chi connectivity index (χ4n) is 2.40. The number of carbonyl (C=O) groups excluding carboxylic acids is 2. The summed E-state index contributed by atoms with van der Waals surface area (Å²) in [5.74, 6) is -0.535. The molecular formula is C18H17ClN4O3S2. The maximum absolute atomic E-state index is 12.4. The largest absolute Gasteiger partial charge is 0.336 e. The van der Waals surface area contributed by atoms with Crippen molar-refractivity contribution < 1.29 is 9.59 Å². The minimum atomic E-state index is -0.348. The van der Waals surface area contributed by atoms with Gasteiger partial charge in [0.15, 0.2) is 5.16 Å². The summed E-state index contributed by atoms with van der Waals surface area (Å²) in [5, 5.41) is 5.94. The van der Waals surface area contributed by atoms with Crippen molar-refractivity contribution in [3.8, 4) is 0 Å². The second kappa shape index (κ2) is 8.76. The number of para-hydroxylation sites is 1. The van der Waals surface area contributed by atoms with Crippen LogP contribution in [0.25, 0.3) is 10.2 Å². The number of hydrogen-bond acceptors (Lipinski definition) is 6. The summed E-state index contributed by atoms with van der Waals surface area (Å²) in [7, 11) is 3.17. The molecule has 0 saturated carbocycles. The molecule has 0 spiro atoms. The number of rotatable bonds is 6. The highest BCUT2D eigenvalue weighted by Gasteiger charge is 2.16. The van der Waals surface area contributed by atoms with Crippen LogP contribution in [0.5, 0.6) is 0 Å². The van der Waals surface area contributed by atoms with Gasteiger partial charge in [0.25, 0.3) is 5.56 Å². The van der Waals surface area contributed by atoms with Crippen molar-refractivity contribution in [1.82, 2.24) is 14.5 Å². The van der Waals surface area contributed by atoms with Gasteiger partial charge in [-0.25, -0.2) is 4.98 Å². The van der Waals surface area contributed by atoms with Crippen LogP contribution >= 0.6 is 34.7 Å². The van der Waals surface area contributed by atoms with Gasteiger partial charge in [-0.2, -0.15) is 0 Å². The highest BCUT2D eigenvalue weighted by atomic mass is 35.5. The number of anilines is 1. The topological polar surface area (TPSA) is 84.3 Å². The van der Waals surface area contributed by atoms with Crippen LogP contribution in [0.4, 0.5) is 5.69 Å². The first-order valence-electron chi connectivity index (χ1n) is 8.22. The van der Waals surface area contributed by atoms with Crippen LogP contribution in [0.2, 0.25) is 5.02 Å². The summed E-state index contributed by atoms with van der Waals surface area (Å²) >= 11 is 8.56. The molecule has 0 aliphatic rings. The average Bonchev–Trinajstić information content (AvgIpc) is 3.13. The number of amides is 2. The van der Waals surface area contributed by atoms with Crippen molar-refractivity contribution in [2.75, 3.05) is 24.7 Å². The van der Waals surface area contributed by atoms with Crippen LogP contribution in [0, 0.1) is 0 Å². The Balaban J connectivity index is 1.59. The third-order valence-corrected chi connectivity index (χ3v) is 6.09. The van der Waals surface area contributed by atoms with Crippen LogP contribution in [-0.2, 0) is 16.6 Å². The zero-order valence-electron chi connectivity index (χ0n) is 15.1. The minimum absolute atomic E-state index is 0.0625. The molecule has 7 nitrogen and oxygen atoms in total. The number of halogens is 1. The standard InChI is InChI=1S/C18H17ClN4O3S2/c1-22(9-14(24)20-13-6-4-3-5-12(13)19)15(25)10-28-18-21-16-11(7-8-27-16)17(26)23(18)2/h3-8H,9-10H2,1-2H3,(H,20,24). The molecule has 0 bridgehead atoms. The van der Waals surface area contributed by atoms with Crippen LogP contribution in [-0.4, -0.2) is 45.6 Å². The van der Waals surface area contributed by atoms with Gasteiger partial charge >= 0.3 is 0 Å². The molecule has 3 aromatic rings. The first-order chi connectivity index (χ1) is 13.4. The number of nitrogens with one attached hydrogen (secondary N) is 1. The molecule has 2 heterocycles. The second-order valence-electron chi connectivity index (χ2n) is 5.96. The van der Waals surface area contributed by atoms with Gasteiger partial charge in [0, 0.05) is 14.1 Å². The van der Waals surface area contributed by atoms with E-state index in [-0.39, 0.29) is 29.7 Å². The van der Waals surface area contributed by atoms with Crippen LogP contribution < -0.4 is 10.9 Å². The summed E-state index contributed by atoms with van der Waals surface area (Å²) in [5.41, 5.74) is 0.349. The Kier molecular flexibility index (Phi) is 6.38. The number of thioether (sulfide) groups is 1. The maximum Gasteiger partial charge on any atom is 0.262 e. The summed E-state index contributed by atoms with van der Waals surface area (Å²) < 4.78 is 1.43. The Labute approximate surface area is 174 Å². The molecule has 0 atom stereocenters. The fourth-order valence-corrected chi connectivity index (χ4v) is 4.30. The number of nitrogens with zero attached hydrogens (tertiary/aromatic N) is 3. The molecule has 1 N–H and O–H groups in total. The Bertz CT molecular complexity index is 1100. The van der Waals surface area contributed by atoms with E-state index < -0.39 is 0 Å². The van der Waals surface area contributed by atoms with Crippen molar-refractivity contribution >= 4 is 62.4 Å². The van der Waals surface area contributed by atoms with Crippen LogP contribution in [0.3, 0.4) is 0 Å². The van der Waals surface area contributed by atoms with Gasteiger partial charge in [-0.05, 0) is 23.6 Å². The van der Waals surface area contributed by atoms with E-state index in [0.717, 1.165) is 11.8 Å². The number of likely N-dealkylation sites (N-methyl/N-ethyl adjacent to an activating group) is 1. The van der Waals surface area contributed by atoms with Crippen molar-refractivity contribution in [2.45, 2.75) is 5.16 Å². The van der Waals surface area contributed by atoms with E-state index in [2.05, 4.69) is 10.3 Å². The third-order valence-electron chi connectivity index (χ3n) is 3.94. The molecule has 2 amide bonds. The minimum Gasteiger partial charge on any atom is -0.336 e. The second-order valence-corrected chi connectivity index (χ2v) is 8.21. The van der Waals surface area contributed by atoms with Crippen LogP contribution in [0.1, 0.15) is 0 Å². The number of benzene rings is 1. The molecule has 3 rings (SSSR count). The van der Waals surface area contributed by atoms with E-state index in [4.69, 9.17) is 11.6 Å². The Morgan fingerprint density at radius 2 is 2.07 bits per heavy atom. The van der Waals surface area contributed by atoms with E-state index in [1.165, 1.54) is 20.8 Å². The highest BCUT2D eigenvalue weighted by Crippen LogP contribution is 2.21. The van der Waals surface area contributed by atoms with E-state index in [9.17, 15) is 14.4 Å². The van der Waals surface area contributed by atoms with Crippen molar-refractivity contribution in [1.29, 1.82) is 0 Å². The first-order valence-corrected chi connectivity index (χ1v) is 10.5. The van der Waals surface area contributed by atoms with E-state index in [0.29, 0.717) is 26.1 Å². The molecule has 0 fully saturated rings. The molecule has 146 valence electrons. The molecule has 0 unspecified atom stereocenters. The van der Waals surface area contributed by atoms with Crippen molar-refractivity contribution in [2.24, 2.45) is 7.05 Å². The van der Waals surface area contributed by atoms with Gasteiger partial charge in [0.05, 0.1) is 28.4 Å². The number of carbonyl (C=O) groups is 2. The highest BCUT2D eigenvalue weighted by molar-refractivity contribution is 7.99. The number of hydrogen-bond donors (Lipinski definition) is 1. The van der Waals surface area contributed by atoms with E-state index >= 15 is 0 Å². The molecule has 28 heavy (non-hydrogen) atoms. The maximum atomic E-state index is 12.4. The van der Waals surface area contributed by atoms with Gasteiger partial charge in [-0.15, -0.1) is 11.3 Å². The summed E-state index contributed by atoms with van der Waals surface area (Å²) in [6.45, 7) is -0.110. The molecule has 0 aliphatic carbocycles. The quantitative estimate of drug-likeness (QED) is 0.474. The zero-order valence-corrected chi connectivity index (χ0v) is 17.5. The van der Waals surface area contributed by atoms with Crippen LogP contribution in [0.15, 0.2) is 45.7 Å². The Morgan fingerprint density at radius 1 is 1.32 bits per heavy atom. The summed E-state index contributed by atoms with van der Waals surface area (Å²) in [6, 6.07) is 8.62. The molecule has 2 aromatic heterocycles. The number of fused-ring (bicyclic) bond motifs is 1. The summed E-state index contributed by atoms with van der Waals surface area (Å²) in [6.07, 6.45) is 0. The lowest BCUT2D eigenvalue weighted by Crippen LogP contribution is -2.36. The van der Waals surface area contributed by atoms with Crippen molar-refractivity contribution in [3.05, 3.63) is 51.1 Å². The SMILES string of the molecule is CN(CC(=O)Nc1ccccc1Cl)C(=O)CSc1nc2sccc2c(=O)n1C. The number of thiophene rings is 1. The van der Waals surface area contributed by atoms with E-state index in [1.54, 1.807) is 44.4 Å². The van der Waals surface area contributed by atoms with Gasteiger partial charge in [-0.1, -0.05) is 35.5 Å². The fraction of sp³-hybridized carbons (Fsp3) is 0.222. The lowest BCUT2D eigenvalue weighted by molar-refractivity contribution is -0.131. The molecule has 10 heteroatoms. The van der Waals surface area contributed by atoms with Gasteiger partial charge < -0.3 is 10.2 Å². The Hall–Kier alpha value is -2.36. The summed E-state index contributed by atoms with van der Waals surface area (Å²) in [4.78, 5) is 43.2. The average molecular weight is 437 g/mol. The molecule has 1 aromatic carbocycles. The van der Waals surface area contributed by atoms with Gasteiger partial charge in [0.1, 0.15) is 4.83 Å². The van der Waals surface area contributed by atoms with Crippen molar-refractivity contribution in [3.63, 3.8) is 0 Å². The molecule has 0 radical (unpaired) electrons. The molecular weight excluding hydrogens is 420 g/mol. The normalized spacial score (nSPS) is 10.8. The third kappa shape index (κ3) is 4.54. The lowest BCUT2D eigenvalue weighted by Gasteiger charge is -2.17. The smallest absolute Gasteiger partial charge is 0.262 e. The first kappa shape index (κ1) is 20.4. The predicted octanol–water partition coefficient (Wildman–Crippen LogP) is 2.84. The van der Waals surface area contributed by atoms with Gasteiger partial charge in [-0.3, -0.25) is 19.0 Å². The zero-order chi connectivity index (χ0) is 20.3.